The number of likely N-dealkylation sites (tertiary alicyclic amines) is 1. The lowest BCUT2D eigenvalue weighted by atomic mass is 9.96. The van der Waals surface area contributed by atoms with Gasteiger partial charge in [-0.1, -0.05) is 12.1 Å². The predicted octanol–water partition coefficient (Wildman–Crippen LogP) is 3.55. The van der Waals surface area contributed by atoms with E-state index in [1.165, 1.54) is 6.07 Å². The van der Waals surface area contributed by atoms with Gasteiger partial charge in [0.2, 0.25) is 0 Å². The first kappa shape index (κ1) is 16.9. The van der Waals surface area contributed by atoms with Crippen LogP contribution >= 0.6 is 11.3 Å². The first-order valence-electron chi connectivity index (χ1n) is 8.64. The lowest BCUT2D eigenvalue weighted by Gasteiger charge is -2.32. The van der Waals surface area contributed by atoms with Crippen LogP contribution in [-0.2, 0) is 6.54 Å². The zero-order valence-corrected chi connectivity index (χ0v) is 15.0. The molecule has 4 rings (SSSR count). The summed E-state index contributed by atoms with van der Waals surface area (Å²) in [5.74, 6) is 0.396. The van der Waals surface area contributed by atoms with Crippen LogP contribution in [0.3, 0.4) is 0 Å². The molecule has 134 valence electrons. The number of benzene rings is 1. The first-order chi connectivity index (χ1) is 12.7. The van der Waals surface area contributed by atoms with Gasteiger partial charge < -0.3 is 9.47 Å². The molecule has 0 aliphatic carbocycles. The van der Waals surface area contributed by atoms with Gasteiger partial charge in [0.05, 0.1) is 23.3 Å². The highest BCUT2D eigenvalue weighted by Gasteiger charge is 2.29. The van der Waals surface area contributed by atoms with E-state index in [2.05, 4.69) is 14.5 Å². The summed E-state index contributed by atoms with van der Waals surface area (Å²) >= 11 is 1.57. The Balaban J connectivity index is 1.52. The minimum Gasteiger partial charge on any atom is -0.338 e. The molecule has 0 radical (unpaired) electrons. The average Bonchev–Trinajstić information content (AvgIpc) is 3.34. The van der Waals surface area contributed by atoms with Gasteiger partial charge in [0.1, 0.15) is 11.6 Å². The van der Waals surface area contributed by atoms with E-state index in [0.29, 0.717) is 19.6 Å². The van der Waals surface area contributed by atoms with Crippen molar-refractivity contribution in [2.24, 2.45) is 0 Å². The number of imidazole rings is 1. The predicted molar refractivity (Wildman–Crippen MR) is 97.7 cm³/mol. The Bertz CT molecular complexity index is 893. The van der Waals surface area contributed by atoms with Crippen molar-refractivity contribution in [1.29, 1.82) is 0 Å². The maximum atomic E-state index is 14.0. The van der Waals surface area contributed by atoms with Gasteiger partial charge >= 0.3 is 0 Å². The van der Waals surface area contributed by atoms with Gasteiger partial charge in [-0.15, -0.1) is 11.3 Å². The van der Waals surface area contributed by atoms with Gasteiger partial charge in [-0.3, -0.25) is 4.79 Å². The molecule has 3 heterocycles. The minimum absolute atomic E-state index is 0.138. The average molecular weight is 370 g/mol. The van der Waals surface area contributed by atoms with Gasteiger partial charge in [0, 0.05) is 36.8 Å². The monoisotopic (exact) mass is 370 g/mol. The van der Waals surface area contributed by atoms with Crippen molar-refractivity contribution < 1.29 is 9.18 Å². The fourth-order valence-corrected chi connectivity index (χ4v) is 4.03. The van der Waals surface area contributed by atoms with E-state index < -0.39 is 5.82 Å². The molecule has 1 amide bonds. The van der Waals surface area contributed by atoms with Crippen molar-refractivity contribution in [2.45, 2.75) is 25.3 Å². The van der Waals surface area contributed by atoms with Crippen molar-refractivity contribution in [2.75, 3.05) is 13.1 Å². The highest BCUT2D eigenvalue weighted by molar-refractivity contribution is 7.07. The first-order valence-corrected chi connectivity index (χ1v) is 9.58. The van der Waals surface area contributed by atoms with E-state index in [4.69, 9.17) is 0 Å². The van der Waals surface area contributed by atoms with Crippen LogP contribution in [0.2, 0.25) is 0 Å². The lowest BCUT2D eigenvalue weighted by Crippen LogP contribution is -2.40. The third-order valence-electron chi connectivity index (χ3n) is 4.74. The second-order valence-corrected chi connectivity index (χ2v) is 7.18. The number of amides is 1. The number of aromatic nitrogens is 3. The lowest BCUT2D eigenvalue weighted by molar-refractivity contribution is 0.0698. The van der Waals surface area contributed by atoms with Gasteiger partial charge in [-0.2, -0.15) is 0 Å². The molecule has 5 nitrogen and oxygen atoms in total. The third-order valence-corrected chi connectivity index (χ3v) is 5.38. The SMILES string of the molecule is O=C(c1ccccc1F)N1CCC[C@@H](c2nccn2Cc2cscn2)C1. The van der Waals surface area contributed by atoms with E-state index >= 15 is 0 Å². The van der Waals surface area contributed by atoms with Crippen LogP contribution in [0, 0.1) is 5.82 Å². The van der Waals surface area contributed by atoms with Crippen LogP contribution in [-0.4, -0.2) is 38.4 Å². The van der Waals surface area contributed by atoms with Crippen LogP contribution in [0.1, 0.15) is 40.6 Å². The van der Waals surface area contributed by atoms with Crippen molar-refractivity contribution in [3.63, 3.8) is 0 Å². The molecule has 26 heavy (non-hydrogen) atoms. The second-order valence-electron chi connectivity index (χ2n) is 6.46. The third kappa shape index (κ3) is 3.39. The van der Waals surface area contributed by atoms with Crippen LogP contribution in [0.5, 0.6) is 0 Å². The Morgan fingerprint density at radius 3 is 3.00 bits per heavy atom. The summed E-state index contributed by atoms with van der Waals surface area (Å²) in [7, 11) is 0. The van der Waals surface area contributed by atoms with Crippen molar-refractivity contribution in [1.82, 2.24) is 19.4 Å². The molecule has 0 unspecified atom stereocenters. The number of thiazole rings is 1. The van der Waals surface area contributed by atoms with Crippen molar-refractivity contribution >= 4 is 17.2 Å². The number of nitrogens with zero attached hydrogens (tertiary/aromatic N) is 4. The maximum Gasteiger partial charge on any atom is 0.256 e. The molecule has 3 aromatic rings. The molecular weight excluding hydrogens is 351 g/mol. The van der Waals surface area contributed by atoms with Crippen LogP contribution in [0.4, 0.5) is 4.39 Å². The Kier molecular flexibility index (Phi) is 4.79. The summed E-state index contributed by atoms with van der Waals surface area (Å²) in [6.07, 6.45) is 5.59. The molecule has 0 bridgehead atoms. The number of carbonyl (C=O) groups is 1. The number of carbonyl (C=O) groups excluding carboxylic acids is 1. The molecule has 1 aliphatic rings. The largest absolute Gasteiger partial charge is 0.338 e. The van der Waals surface area contributed by atoms with Crippen LogP contribution in [0.15, 0.2) is 47.5 Å². The Morgan fingerprint density at radius 2 is 2.19 bits per heavy atom. The van der Waals surface area contributed by atoms with E-state index in [-0.39, 0.29) is 17.4 Å². The summed E-state index contributed by atoms with van der Waals surface area (Å²) in [5.41, 5.74) is 2.96. The number of hydrogen-bond donors (Lipinski definition) is 0. The fourth-order valence-electron chi connectivity index (χ4n) is 3.48. The molecule has 0 spiro atoms. The highest BCUT2D eigenvalue weighted by atomic mass is 32.1. The molecular formula is C19H19FN4OS. The summed E-state index contributed by atoms with van der Waals surface area (Å²) in [5, 5.41) is 2.03. The summed E-state index contributed by atoms with van der Waals surface area (Å²) in [6, 6.07) is 6.17. The van der Waals surface area contributed by atoms with Crippen molar-refractivity contribution in [3.8, 4) is 0 Å². The minimum atomic E-state index is -0.468. The summed E-state index contributed by atoms with van der Waals surface area (Å²) < 4.78 is 16.1. The Hall–Kier alpha value is -2.54. The Morgan fingerprint density at radius 1 is 1.31 bits per heavy atom. The molecule has 1 saturated heterocycles. The summed E-state index contributed by atoms with van der Waals surface area (Å²) in [4.78, 5) is 23.3. The molecule has 2 aromatic heterocycles. The summed E-state index contributed by atoms with van der Waals surface area (Å²) in [6.45, 7) is 1.88. The maximum absolute atomic E-state index is 14.0. The highest BCUT2D eigenvalue weighted by Crippen LogP contribution is 2.27. The van der Waals surface area contributed by atoms with Gasteiger partial charge in [-0.25, -0.2) is 14.4 Å². The second kappa shape index (κ2) is 7.37. The zero-order chi connectivity index (χ0) is 17.9. The molecule has 0 N–H and O–H groups in total. The number of piperidine rings is 1. The number of rotatable bonds is 4. The van der Waals surface area contributed by atoms with Crippen LogP contribution in [0.25, 0.3) is 0 Å². The van der Waals surface area contributed by atoms with E-state index in [0.717, 1.165) is 24.4 Å². The molecule has 1 atom stereocenters. The normalized spacial score (nSPS) is 17.4. The van der Waals surface area contributed by atoms with Gasteiger partial charge in [0.15, 0.2) is 0 Å². The van der Waals surface area contributed by atoms with E-state index in [1.807, 2.05) is 17.1 Å². The molecule has 7 heteroatoms. The van der Waals surface area contributed by atoms with Gasteiger partial charge in [-0.05, 0) is 25.0 Å². The van der Waals surface area contributed by atoms with Crippen molar-refractivity contribution in [3.05, 3.63) is 70.4 Å². The standard InChI is InChI=1S/C19H19FN4OS/c20-17-6-2-1-5-16(17)19(25)24-8-3-4-14(10-24)18-21-7-9-23(18)11-15-12-26-13-22-15/h1-2,5-7,9,12-14H,3-4,8,10-11H2/t14-/m1/s1. The molecule has 1 aromatic carbocycles. The smallest absolute Gasteiger partial charge is 0.256 e. The Labute approximate surface area is 155 Å². The molecule has 1 aliphatic heterocycles. The zero-order valence-electron chi connectivity index (χ0n) is 14.2. The van der Waals surface area contributed by atoms with E-state index in [9.17, 15) is 9.18 Å². The number of hydrogen-bond acceptors (Lipinski definition) is 4. The quantitative estimate of drug-likeness (QED) is 0.706. The number of halogens is 1. The van der Waals surface area contributed by atoms with Gasteiger partial charge in [0.25, 0.3) is 5.91 Å². The van der Waals surface area contributed by atoms with Crippen LogP contribution < -0.4 is 0 Å². The molecule has 0 saturated carbocycles. The fraction of sp³-hybridized carbons (Fsp3) is 0.316. The molecule has 1 fully saturated rings. The van der Waals surface area contributed by atoms with E-state index in [1.54, 1.807) is 40.6 Å². The topological polar surface area (TPSA) is 51.0 Å².